The van der Waals surface area contributed by atoms with E-state index in [1.54, 1.807) is 18.3 Å². The van der Waals surface area contributed by atoms with Crippen molar-refractivity contribution in [2.75, 3.05) is 7.11 Å². The number of nitrogens with zero attached hydrogens (tertiary/aromatic N) is 2. The fourth-order valence-electron chi connectivity index (χ4n) is 2.21. The van der Waals surface area contributed by atoms with Gasteiger partial charge in [-0.25, -0.2) is 0 Å². The van der Waals surface area contributed by atoms with Crippen LogP contribution < -0.4 is 5.32 Å². The van der Waals surface area contributed by atoms with Gasteiger partial charge in [-0.2, -0.15) is 0 Å². The number of esters is 1. The van der Waals surface area contributed by atoms with Gasteiger partial charge in [0.05, 0.1) is 25.3 Å². The lowest BCUT2D eigenvalue weighted by Gasteiger charge is -2.15. The summed E-state index contributed by atoms with van der Waals surface area (Å²) >= 11 is 1.44. The highest BCUT2D eigenvalue weighted by Gasteiger charge is 2.23. The molecule has 1 amide bonds. The van der Waals surface area contributed by atoms with Crippen LogP contribution in [-0.2, 0) is 9.53 Å². The summed E-state index contributed by atoms with van der Waals surface area (Å²) in [5.74, 6) is -0.825. The number of methoxy groups -OCH3 is 1. The van der Waals surface area contributed by atoms with Crippen molar-refractivity contribution < 1.29 is 18.8 Å². The quantitative estimate of drug-likeness (QED) is 0.682. The third-order valence-corrected chi connectivity index (χ3v) is 4.44. The summed E-state index contributed by atoms with van der Waals surface area (Å²) in [6.07, 6.45) is 1.66. The molecular formula is C17H15N3O4S. The summed E-state index contributed by atoms with van der Waals surface area (Å²) in [5.41, 5.74) is 1.07. The monoisotopic (exact) mass is 357 g/mol. The zero-order chi connectivity index (χ0) is 17.6. The lowest BCUT2D eigenvalue weighted by Crippen LogP contribution is -2.29. The van der Waals surface area contributed by atoms with E-state index in [0.717, 1.165) is 4.88 Å². The second-order valence-corrected chi connectivity index (χ2v) is 6.09. The third kappa shape index (κ3) is 4.10. The van der Waals surface area contributed by atoms with Crippen LogP contribution in [0.4, 0.5) is 0 Å². The number of thiophene rings is 1. The van der Waals surface area contributed by atoms with Crippen molar-refractivity contribution >= 4 is 23.2 Å². The Labute approximate surface area is 147 Å². The molecule has 25 heavy (non-hydrogen) atoms. The van der Waals surface area contributed by atoms with Crippen LogP contribution >= 0.6 is 11.3 Å². The van der Waals surface area contributed by atoms with Crippen LogP contribution in [0.3, 0.4) is 0 Å². The van der Waals surface area contributed by atoms with Crippen molar-refractivity contribution in [1.82, 2.24) is 15.5 Å². The predicted octanol–water partition coefficient (Wildman–Crippen LogP) is 2.83. The number of rotatable bonds is 6. The number of hydrogen-bond donors (Lipinski definition) is 1. The Bertz CT molecular complexity index is 846. The molecule has 1 atom stereocenters. The maximum atomic E-state index is 12.5. The van der Waals surface area contributed by atoms with Crippen LogP contribution in [-0.4, -0.2) is 29.1 Å². The molecule has 3 aromatic rings. The SMILES string of the molecule is COC(=O)C[C@H](NC(=O)c1cc(-c2ccccn2)no1)c1cccs1. The van der Waals surface area contributed by atoms with Crippen LogP contribution in [0.25, 0.3) is 11.4 Å². The van der Waals surface area contributed by atoms with Gasteiger partial charge in [0.15, 0.2) is 0 Å². The number of ether oxygens (including phenoxy) is 1. The molecule has 0 bridgehead atoms. The molecule has 0 saturated heterocycles. The van der Waals surface area contributed by atoms with Crippen molar-refractivity contribution in [3.63, 3.8) is 0 Å². The highest BCUT2D eigenvalue weighted by atomic mass is 32.1. The zero-order valence-corrected chi connectivity index (χ0v) is 14.2. The van der Waals surface area contributed by atoms with Gasteiger partial charge in [-0.05, 0) is 23.6 Å². The average Bonchev–Trinajstić information content (AvgIpc) is 3.33. The molecule has 128 valence electrons. The van der Waals surface area contributed by atoms with E-state index in [1.807, 2.05) is 23.6 Å². The van der Waals surface area contributed by atoms with Crippen molar-refractivity contribution in [2.24, 2.45) is 0 Å². The fraction of sp³-hybridized carbons (Fsp3) is 0.176. The lowest BCUT2D eigenvalue weighted by atomic mass is 10.1. The van der Waals surface area contributed by atoms with Crippen LogP contribution in [0, 0.1) is 0 Å². The minimum Gasteiger partial charge on any atom is -0.469 e. The standard InChI is InChI=1S/C17H15N3O4S/c1-23-16(21)10-13(15-6-4-8-25-15)19-17(22)14-9-12(20-24-14)11-5-2-3-7-18-11/h2-9,13H,10H2,1H3,(H,19,22)/t13-/m0/s1. The van der Waals surface area contributed by atoms with Gasteiger partial charge >= 0.3 is 5.97 Å². The van der Waals surface area contributed by atoms with Crippen LogP contribution in [0.2, 0.25) is 0 Å². The van der Waals surface area contributed by atoms with E-state index in [1.165, 1.54) is 24.5 Å². The molecule has 0 aliphatic carbocycles. The molecule has 0 aliphatic rings. The van der Waals surface area contributed by atoms with Crippen molar-refractivity contribution in [3.05, 3.63) is 58.6 Å². The molecule has 0 unspecified atom stereocenters. The van der Waals surface area contributed by atoms with Crippen molar-refractivity contribution in [1.29, 1.82) is 0 Å². The van der Waals surface area contributed by atoms with E-state index in [4.69, 9.17) is 9.26 Å². The van der Waals surface area contributed by atoms with Gasteiger partial charge in [0.1, 0.15) is 5.69 Å². The topological polar surface area (TPSA) is 94.3 Å². The first kappa shape index (κ1) is 16.8. The first-order valence-corrected chi connectivity index (χ1v) is 8.34. The maximum Gasteiger partial charge on any atom is 0.307 e. The normalized spacial score (nSPS) is 11.7. The van der Waals surface area contributed by atoms with Gasteiger partial charge in [0, 0.05) is 17.1 Å². The van der Waals surface area contributed by atoms with Gasteiger partial charge in [0.2, 0.25) is 5.76 Å². The minimum absolute atomic E-state index is 0.0317. The Morgan fingerprint density at radius 2 is 2.16 bits per heavy atom. The molecule has 1 N–H and O–H groups in total. The summed E-state index contributed by atoms with van der Waals surface area (Å²) in [5, 5.41) is 8.52. The van der Waals surface area contributed by atoms with E-state index in [2.05, 4.69) is 15.5 Å². The first-order chi connectivity index (χ1) is 12.2. The summed E-state index contributed by atoms with van der Waals surface area (Å²) in [6.45, 7) is 0. The van der Waals surface area contributed by atoms with Gasteiger partial charge in [0.25, 0.3) is 5.91 Å². The lowest BCUT2D eigenvalue weighted by molar-refractivity contribution is -0.141. The molecule has 0 radical (unpaired) electrons. The summed E-state index contributed by atoms with van der Waals surface area (Å²) in [4.78, 5) is 29.1. The summed E-state index contributed by atoms with van der Waals surface area (Å²) in [7, 11) is 1.31. The zero-order valence-electron chi connectivity index (χ0n) is 13.3. The highest BCUT2D eigenvalue weighted by molar-refractivity contribution is 7.10. The van der Waals surface area contributed by atoms with Crippen LogP contribution in [0.1, 0.15) is 27.9 Å². The van der Waals surface area contributed by atoms with Crippen LogP contribution in [0.15, 0.2) is 52.5 Å². The molecule has 3 heterocycles. The van der Waals surface area contributed by atoms with E-state index in [9.17, 15) is 9.59 Å². The second kappa shape index (κ2) is 7.71. The number of pyridine rings is 1. The molecule has 3 rings (SSSR count). The molecule has 0 aliphatic heterocycles. The Hall–Kier alpha value is -3.00. The van der Waals surface area contributed by atoms with Crippen molar-refractivity contribution in [3.8, 4) is 11.4 Å². The Kier molecular flexibility index (Phi) is 5.20. The third-order valence-electron chi connectivity index (χ3n) is 3.45. The largest absolute Gasteiger partial charge is 0.469 e. The molecule has 0 aromatic carbocycles. The summed E-state index contributed by atoms with van der Waals surface area (Å²) in [6, 6.07) is 10.1. The molecule has 7 nitrogen and oxygen atoms in total. The number of carbonyl (C=O) groups is 2. The Morgan fingerprint density at radius 1 is 1.28 bits per heavy atom. The van der Waals surface area contributed by atoms with Gasteiger partial charge in [-0.3, -0.25) is 14.6 Å². The highest BCUT2D eigenvalue weighted by Crippen LogP contribution is 2.23. The number of nitrogens with one attached hydrogen (secondary N) is 1. The number of amides is 1. The molecule has 0 fully saturated rings. The molecule has 0 spiro atoms. The van der Waals surface area contributed by atoms with Gasteiger partial charge in [-0.1, -0.05) is 17.3 Å². The van der Waals surface area contributed by atoms with Gasteiger partial charge < -0.3 is 14.6 Å². The Balaban J connectivity index is 1.75. The summed E-state index contributed by atoms with van der Waals surface area (Å²) < 4.78 is 9.81. The second-order valence-electron chi connectivity index (χ2n) is 5.11. The number of carbonyl (C=O) groups excluding carboxylic acids is 2. The van der Waals surface area contributed by atoms with E-state index < -0.39 is 17.9 Å². The molecule has 0 saturated carbocycles. The molecule has 8 heteroatoms. The minimum atomic E-state index is -0.497. The van der Waals surface area contributed by atoms with Crippen LogP contribution in [0.5, 0.6) is 0 Å². The molecule has 3 aromatic heterocycles. The van der Waals surface area contributed by atoms with Gasteiger partial charge in [-0.15, -0.1) is 11.3 Å². The van der Waals surface area contributed by atoms with E-state index in [-0.39, 0.29) is 12.2 Å². The Morgan fingerprint density at radius 3 is 2.84 bits per heavy atom. The molecular weight excluding hydrogens is 342 g/mol. The van der Waals surface area contributed by atoms with E-state index >= 15 is 0 Å². The predicted molar refractivity (Wildman–Crippen MR) is 90.9 cm³/mol. The number of aromatic nitrogens is 2. The van der Waals surface area contributed by atoms with Crippen molar-refractivity contribution in [2.45, 2.75) is 12.5 Å². The number of hydrogen-bond acceptors (Lipinski definition) is 7. The van der Waals surface area contributed by atoms with E-state index in [0.29, 0.717) is 11.4 Å². The fourth-order valence-corrected chi connectivity index (χ4v) is 2.99. The first-order valence-electron chi connectivity index (χ1n) is 7.46. The smallest absolute Gasteiger partial charge is 0.307 e. The maximum absolute atomic E-state index is 12.5. The average molecular weight is 357 g/mol.